The van der Waals surface area contributed by atoms with Crippen LogP contribution in [0.5, 0.6) is 11.5 Å². The summed E-state index contributed by atoms with van der Waals surface area (Å²) in [6, 6.07) is 1.86. The lowest BCUT2D eigenvalue weighted by atomic mass is 10.2. The van der Waals surface area contributed by atoms with E-state index >= 15 is 0 Å². The molecule has 0 aliphatic rings. The van der Waals surface area contributed by atoms with Crippen molar-refractivity contribution in [2.45, 2.75) is 13.5 Å². The van der Waals surface area contributed by atoms with Crippen molar-refractivity contribution >= 4 is 0 Å². The highest BCUT2D eigenvalue weighted by atomic mass is 16.5. The Kier molecular flexibility index (Phi) is 3.72. The molecule has 0 aromatic carbocycles. The largest absolute Gasteiger partial charge is 0.454 e. The molecule has 2 heterocycles. The first-order chi connectivity index (χ1) is 8.29. The first kappa shape index (κ1) is 11.6. The van der Waals surface area contributed by atoms with E-state index < -0.39 is 0 Å². The lowest BCUT2D eigenvalue weighted by Gasteiger charge is -2.09. The Bertz CT molecular complexity index is 481. The van der Waals surface area contributed by atoms with Gasteiger partial charge in [-0.25, -0.2) is 0 Å². The summed E-state index contributed by atoms with van der Waals surface area (Å²) >= 11 is 0. The minimum Gasteiger partial charge on any atom is -0.454 e. The van der Waals surface area contributed by atoms with Crippen LogP contribution in [0.1, 0.15) is 12.5 Å². The molecule has 17 heavy (non-hydrogen) atoms. The molecule has 0 radical (unpaired) electrons. The molecule has 0 saturated carbocycles. The molecule has 0 bridgehead atoms. The summed E-state index contributed by atoms with van der Waals surface area (Å²) in [5.41, 5.74) is 1.04. The Labute approximate surface area is 100 Å². The second kappa shape index (κ2) is 5.45. The number of hydrogen-bond donors (Lipinski definition) is 1. The van der Waals surface area contributed by atoms with E-state index in [9.17, 15) is 0 Å². The van der Waals surface area contributed by atoms with Gasteiger partial charge in [0.2, 0.25) is 0 Å². The highest BCUT2D eigenvalue weighted by Gasteiger charge is 2.05. The van der Waals surface area contributed by atoms with Crippen molar-refractivity contribution in [1.82, 2.24) is 20.1 Å². The first-order valence-electron chi connectivity index (χ1n) is 5.59. The zero-order chi connectivity index (χ0) is 12.1. The van der Waals surface area contributed by atoms with Crippen LogP contribution in [-0.4, -0.2) is 21.3 Å². The van der Waals surface area contributed by atoms with Crippen LogP contribution in [0.2, 0.25) is 0 Å². The molecular weight excluding hydrogens is 216 g/mol. The Morgan fingerprint density at radius 1 is 1.41 bits per heavy atom. The number of nitrogens with one attached hydrogen (secondary N) is 1. The highest BCUT2D eigenvalue weighted by Crippen LogP contribution is 2.23. The van der Waals surface area contributed by atoms with E-state index in [1.54, 1.807) is 17.1 Å². The van der Waals surface area contributed by atoms with Crippen LogP contribution in [0, 0.1) is 0 Å². The van der Waals surface area contributed by atoms with Gasteiger partial charge in [-0.1, -0.05) is 6.92 Å². The molecule has 5 heteroatoms. The molecule has 0 fully saturated rings. The van der Waals surface area contributed by atoms with E-state index in [-0.39, 0.29) is 0 Å². The van der Waals surface area contributed by atoms with Gasteiger partial charge in [0.15, 0.2) is 5.75 Å². The summed E-state index contributed by atoms with van der Waals surface area (Å²) < 4.78 is 7.47. The third kappa shape index (κ3) is 3.04. The monoisotopic (exact) mass is 232 g/mol. The summed E-state index contributed by atoms with van der Waals surface area (Å²) in [4.78, 5) is 4.10. The molecule has 0 atom stereocenters. The van der Waals surface area contributed by atoms with Crippen LogP contribution in [0.4, 0.5) is 0 Å². The fraction of sp³-hybridized carbons (Fsp3) is 0.333. The van der Waals surface area contributed by atoms with Crippen molar-refractivity contribution in [1.29, 1.82) is 0 Å². The van der Waals surface area contributed by atoms with Gasteiger partial charge in [0.05, 0.1) is 12.4 Å². The zero-order valence-corrected chi connectivity index (χ0v) is 10.1. The summed E-state index contributed by atoms with van der Waals surface area (Å²) in [6.07, 6.45) is 7.06. The van der Waals surface area contributed by atoms with Gasteiger partial charge in [-0.05, 0) is 12.6 Å². The van der Waals surface area contributed by atoms with Crippen LogP contribution < -0.4 is 10.1 Å². The van der Waals surface area contributed by atoms with Crippen molar-refractivity contribution < 1.29 is 4.74 Å². The SMILES string of the molecule is CCNCc1cnccc1Oc1cnn(C)c1. The minimum absolute atomic E-state index is 0.733. The van der Waals surface area contributed by atoms with E-state index in [0.29, 0.717) is 0 Å². The molecule has 0 aliphatic heterocycles. The van der Waals surface area contributed by atoms with Gasteiger partial charge in [0, 0.05) is 31.5 Å². The summed E-state index contributed by atoms with van der Waals surface area (Å²) in [6.45, 7) is 3.74. The number of nitrogens with zero attached hydrogens (tertiary/aromatic N) is 3. The van der Waals surface area contributed by atoms with E-state index in [2.05, 4.69) is 22.3 Å². The molecule has 2 rings (SSSR count). The topological polar surface area (TPSA) is 52.0 Å². The fourth-order valence-corrected chi connectivity index (χ4v) is 1.48. The van der Waals surface area contributed by atoms with Gasteiger partial charge in [-0.15, -0.1) is 0 Å². The summed E-state index contributed by atoms with van der Waals surface area (Å²) in [5, 5.41) is 7.32. The molecule has 2 aromatic rings. The quantitative estimate of drug-likeness (QED) is 0.852. The molecule has 90 valence electrons. The number of rotatable bonds is 5. The maximum Gasteiger partial charge on any atom is 0.165 e. The van der Waals surface area contributed by atoms with Crippen molar-refractivity contribution in [3.63, 3.8) is 0 Å². The van der Waals surface area contributed by atoms with Gasteiger partial charge in [0.1, 0.15) is 5.75 Å². The normalized spacial score (nSPS) is 10.5. The molecule has 0 unspecified atom stereocenters. The number of pyridine rings is 1. The van der Waals surface area contributed by atoms with Crippen LogP contribution >= 0.6 is 0 Å². The third-order valence-corrected chi connectivity index (χ3v) is 2.33. The first-order valence-corrected chi connectivity index (χ1v) is 5.59. The zero-order valence-electron chi connectivity index (χ0n) is 10.1. The summed E-state index contributed by atoms with van der Waals surface area (Å²) in [7, 11) is 1.86. The lowest BCUT2D eigenvalue weighted by Crippen LogP contribution is -2.12. The molecule has 1 N–H and O–H groups in total. The van der Waals surface area contributed by atoms with E-state index in [1.165, 1.54) is 0 Å². The molecule has 5 nitrogen and oxygen atoms in total. The highest BCUT2D eigenvalue weighted by molar-refractivity contribution is 5.34. The molecule has 2 aromatic heterocycles. The Morgan fingerprint density at radius 2 is 2.29 bits per heavy atom. The van der Waals surface area contributed by atoms with Gasteiger partial charge >= 0.3 is 0 Å². The molecule has 0 aliphatic carbocycles. The van der Waals surface area contributed by atoms with E-state index in [1.807, 2.05) is 25.5 Å². The molecule has 0 saturated heterocycles. The average Bonchev–Trinajstić information content (AvgIpc) is 2.74. The predicted octanol–water partition coefficient (Wildman–Crippen LogP) is 1.72. The summed E-state index contributed by atoms with van der Waals surface area (Å²) in [5.74, 6) is 1.55. The van der Waals surface area contributed by atoms with Crippen molar-refractivity contribution in [2.24, 2.45) is 7.05 Å². The second-order valence-corrected chi connectivity index (χ2v) is 3.72. The maximum absolute atomic E-state index is 5.76. The molecular formula is C12H16N4O. The Morgan fingerprint density at radius 3 is 3.00 bits per heavy atom. The predicted molar refractivity (Wildman–Crippen MR) is 64.9 cm³/mol. The van der Waals surface area contributed by atoms with Gasteiger partial charge in [-0.2, -0.15) is 5.10 Å². The number of ether oxygens (including phenoxy) is 1. The number of aryl methyl sites for hydroxylation is 1. The minimum atomic E-state index is 0.733. The Hall–Kier alpha value is -1.88. The smallest absolute Gasteiger partial charge is 0.165 e. The van der Waals surface area contributed by atoms with Crippen molar-refractivity contribution in [3.8, 4) is 11.5 Å². The van der Waals surface area contributed by atoms with Crippen molar-refractivity contribution in [3.05, 3.63) is 36.4 Å². The third-order valence-electron chi connectivity index (χ3n) is 2.33. The number of hydrogen-bond acceptors (Lipinski definition) is 4. The van der Waals surface area contributed by atoms with Crippen LogP contribution in [0.25, 0.3) is 0 Å². The van der Waals surface area contributed by atoms with Gasteiger partial charge in [-0.3, -0.25) is 9.67 Å². The van der Waals surface area contributed by atoms with Gasteiger partial charge in [0.25, 0.3) is 0 Å². The van der Waals surface area contributed by atoms with Crippen LogP contribution in [0.3, 0.4) is 0 Å². The van der Waals surface area contributed by atoms with E-state index in [4.69, 9.17) is 4.74 Å². The number of aromatic nitrogens is 3. The molecule has 0 amide bonds. The van der Waals surface area contributed by atoms with Crippen LogP contribution in [-0.2, 0) is 13.6 Å². The lowest BCUT2D eigenvalue weighted by molar-refractivity contribution is 0.471. The fourth-order valence-electron chi connectivity index (χ4n) is 1.48. The average molecular weight is 232 g/mol. The van der Waals surface area contributed by atoms with Crippen LogP contribution in [0.15, 0.2) is 30.9 Å². The maximum atomic E-state index is 5.76. The Balaban J connectivity index is 2.14. The molecule has 0 spiro atoms. The standard InChI is InChI=1S/C12H16N4O/c1-3-13-6-10-7-14-5-4-12(10)17-11-8-15-16(2)9-11/h4-5,7-9,13H,3,6H2,1-2H3. The van der Waals surface area contributed by atoms with E-state index in [0.717, 1.165) is 30.2 Å². The van der Waals surface area contributed by atoms with Gasteiger partial charge < -0.3 is 10.1 Å². The second-order valence-electron chi connectivity index (χ2n) is 3.72. The van der Waals surface area contributed by atoms with Crippen molar-refractivity contribution in [2.75, 3.05) is 6.54 Å².